The van der Waals surface area contributed by atoms with Crippen molar-refractivity contribution >= 4 is 5.69 Å². The Bertz CT molecular complexity index is 431. The van der Waals surface area contributed by atoms with Crippen molar-refractivity contribution in [2.75, 3.05) is 32.0 Å². The fourth-order valence-electron chi connectivity index (χ4n) is 2.43. The van der Waals surface area contributed by atoms with Crippen LogP contribution in [-0.2, 0) is 6.18 Å². The van der Waals surface area contributed by atoms with Crippen molar-refractivity contribution in [1.82, 2.24) is 4.90 Å². The largest absolute Gasteiger partial charge is 0.416 e. The molecule has 0 radical (unpaired) electrons. The maximum absolute atomic E-state index is 12.5. The number of hydrogen-bond acceptors (Lipinski definition) is 2. The Hall–Kier alpha value is -1.23. The highest BCUT2D eigenvalue weighted by Gasteiger charge is 2.30. The second kappa shape index (κ2) is 5.64. The van der Waals surface area contributed by atoms with Gasteiger partial charge in [0.1, 0.15) is 0 Å². The second-order valence-electron chi connectivity index (χ2n) is 6.04. The summed E-state index contributed by atoms with van der Waals surface area (Å²) in [4.78, 5) is 2.31. The molecule has 0 bridgehead atoms. The van der Waals surface area contributed by atoms with Gasteiger partial charge in [-0.05, 0) is 62.7 Å². The van der Waals surface area contributed by atoms with E-state index in [2.05, 4.69) is 24.2 Å². The third kappa shape index (κ3) is 3.88. The summed E-state index contributed by atoms with van der Waals surface area (Å²) in [7, 11) is 2.11. The monoisotopic (exact) mass is 286 g/mol. The number of alkyl halides is 3. The molecule has 0 atom stereocenters. The number of anilines is 1. The predicted molar refractivity (Wildman–Crippen MR) is 74.8 cm³/mol. The van der Waals surface area contributed by atoms with E-state index in [0.717, 1.165) is 50.3 Å². The second-order valence-corrected chi connectivity index (χ2v) is 6.04. The molecular weight excluding hydrogens is 265 g/mol. The van der Waals surface area contributed by atoms with Crippen molar-refractivity contribution in [1.29, 1.82) is 0 Å². The quantitative estimate of drug-likeness (QED) is 0.908. The molecule has 0 aromatic heterocycles. The van der Waals surface area contributed by atoms with Gasteiger partial charge in [0.25, 0.3) is 0 Å². The van der Waals surface area contributed by atoms with Crippen molar-refractivity contribution in [3.8, 4) is 0 Å². The first-order valence-electron chi connectivity index (χ1n) is 6.88. The number of rotatable bonds is 3. The van der Waals surface area contributed by atoms with E-state index < -0.39 is 11.7 Å². The maximum atomic E-state index is 12.5. The summed E-state index contributed by atoms with van der Waals surface area (Å²) in [6.45, 7) is 5.18. The van der Waals surface area contributed by atoms with E-state index in [0.29, 0.717) is 0 Å². The minimum atomic E-state index is -4.27. The van der Waals surface area contributed by atoms with E-state index in [1.807, 2.05) is 0 Å². The van der Waals surface area contributed by atoms with Crippen molar-refractivity contribution in [2.45, 2.75) is 25.9 Å². The molecule has 1 aliphatic rings. The lowest BCUT2D eigenvalue weighted by atomic mass is 9.80. The number of benzene rings is 1. The Morgan fingerprint density at radius 3 is 2.20 bits per heavy atom. The molecule has 0 unspecified atom stereocenters. The highest BCUT2D eigenvalue weighted by atomic mass is 19.4. The zero-order valence-corrected chi connectivity index (χ0v) is 11.9. The first-order valence-corrected chi connectivity index (χ1v) is 6.88. The first-order chi connectivity index (χ1) is 9.28. The molecule has 1 saturated heterocycles. The van der Waals surface area contributed by atoms with E-state index in [9.17, 15) is 13.2 Å². The van der Waals surface area contributed by atoms with Crippen molar-refractivity contribution in [3.05, 3.63) is 29.8 Å². The molecule has 112 valence electrons. The van der Waals surface area contributed by atoms with Gasteiger partial charge in [-0.15, -0.1) is 0 Å². The maximum Gasteiger partial charge on any atom is 0.416 e. The van der Waals surface area contributed by atoms with Crippen LogP contribution in [0, 0.1) is 5.41 Å². The SMILES string of the molecule is CN1CCC(C)(CNc2ccc(C(F)(F)F)cc2)CC1. The molecule has 1 aromatic carbocycles. The summed E-state index contributed by atoms with van der Waals surface area (Å²) in [5.41, 5.74) is 0.363. The molecule has 1 aliphatic heterocycles. The van der Waals surface area contributed by atoms with Crippen LogP contribution in [0.15, 0.2) is 24.3 Å². The summed E-state index contributed by atoms with van der Waals surface area (Å²) in [6, 6.07) is 5.25. The van der Waals surface area contributed by atoms with Crippen LogP contribution in [0.2, 0.25) is 0 Å². The van der Waals surface area contributed by atoms with Crippen molar-refractivity contribution in [2.24, 2.45) is 5.41 Å². The lowest BCUT2D eigenvalue weighted by Crippen LogP contribution is -2.40. The van der Waals surface area contributed by atoms with Crippen LogP contribution < -0.4 is 5.32 Å². The van der Waals surface area contributed by atoms with Gasteiger partial charge >= 0.3 is 6.18 Å². The first kappa shape index (κ1) is 15.2. The third-order valence-corrected chi connectivity index (χ3v) is 4.13. The van der Waals surface area contributed by atoms with Gasteiger partial charge in [0, 0.05) is 12.2 Å². The molecule has 0 saturated carbocycles. The smallest absolute Gasteiger partial charge is 0.384 e. The van der Waals surface area contributed by atoms with Gasteiger partial charge in [0.15, 0.2) is 0 Å². The van der Waals surface area contributed by atoms with Crippen LogP contribution >= 0.6 is 0 Å². The fraction of sp³-hybridized carbons (Fsp3) is 0.600. The molecule has 1 N–H and O–H groups in total. The summed E-state index contributed by atoms with van der Waals surface area (Å²) in [5, 5.41) is 3.26. The summed E-state index contributed by atoms with van der Waals surface area (Å²) in [5.74, 6) is 0. The normalized spacial score (nSPS) is 19.9. The highest BCUT2D eigenvalue weighted by molar-refractivity contribution is 5.45. The predicted octanol–water partition coefficient (Wildman–Crippen LogP) is 3.85. The zero-order chi connectivity index (χ0) is 14.8. The Kier molecular flexibility index (Phi) is 4.28. The standard InChI is InChI=1S/C15H21F3N2/c1-14(7-9-20(2)10-8-14)11-19-13-5-3-12(4-6-13)15(16,17)18/h3-6,19H,7-11H2,1-2H3. The number of likely N-dealkylation sites (tertiary alicyclic amines) is 1. The van der Waals surface area contributed by atoms with Gasteiger partial charge < -0.3 is 10.2 Å². The molecule has 5 heteroatoms. The molecule has 2 rings (SSSR count). The minimum absolute atomic E-state index is 0.217. The third-order valence-electron chi connectivity index (χ3n) is 4.13. The van der Waals surface area contributed by atoms with Gasteiger partial charge in [-0.1, -0.05) is 6.92 Å². The van der Waals surface area contributed by atoms with Crippen molar-refractivity contribution < 1.29 is 13.2 Å². The average molecular weight is 286 g/mol. The Morgan fingerprint density at radius 2 is 1.70 bits per heavy atom. The van der Waals surface area contributed by atoms with Crippen molar-refractivity contribution in [3.63, 3.8) is 0 Å². The lowest BCUT2D eigenvalue weighted by molar-refractivity contribution is -0.137. The molecule has 0 aliphatic carbocycles. The molecular formula is C15H21F3N2. The fourth-order valence-corrected chi connectivity index (χ4v) is 2.43. The number of halogens is 3. The number of hydrogen-bond donors (Lipinski definition) is 1. The average Bonchev–Trinajstić information content (AvgIpc) is 2.40. The Morgan fingerprint density at radius 1 is 1.15 bits per heavy atom. The van der Waals surface area contributed by atoms with Crippen LogP contribution in [0.25, 0.3) is 0 Å². The Labute approximate surface area is 118 Å². The topological polar surface area (TPSA) is 15.3 Å². The number of nitrogens with one attached hydrogen (secondary N) is 1. The minimum Gasteiger partial charge on any atom is -0.384 e. The van der Waals surface area contributed by atoms with E-state index in [1.54, 1.807) is 0 Å². The van der Waals surface area contributed by atoms with Gasteiger partial charge in [0.2, 0.25) is 0 Å². The summed E-state index contributed by atoms with van der Waals surface area (Å²) in [6.07, 6.45) is -2.05. The van der Waals surface area contributed by atoms with Crippen LogP contribution in [0.3, 0.4) is 0 Å². The van der Waals surface area contributed by atoms with Crippen LogP contribution in [0.1, 0.15) is 25.3 Å². The van der Waals surface area contributed by atoms with Gasteiger partial charge in [-0.3, -0.25) is 0 Å². The zero-order valence-electron chi connectivity index (χ0n) is 11.9. The molecule has 2 nitrogen and oxygen atoms in total. The van der Waals surface area contributed by atoms with Crippen LogP contribution in [0.4, 0.5) is 18.9 Å². The van der Waals surface area contributed by atoms with E-state index in [-0.39, 0.29) is 5.41 Å². The van der Waals surface area contributed by atoms with E-state index in [4.69, 9.17) is 0 Å². The van der Waals surface area contributed by atoms with Gasteiger partial charge in [0.05, 0.1) is 5.56 Å². The Balaban J connectivity index is 1.91. The van der Waals surface area contributed by atoms with E-state index in [1.165, 1.54) is 12.1 Å². The molecule has 1 heterocycles. The lowest BCUT2D eigenvalue weighted by Gasteiger charge is -2.38. The summed E-state index contributed by atoms with van der Waals surface area (Å²) >= 11 is 0. The number of piperidine rings is 1. The molecule has 1 fully saturated rings. The molecule has 0 amide bonds. The van der Waals surface area contributed by atoms with Crippen LogP contribution in [0.5, 0.6) is 0 Å². The van der Waals surface area contributed by atoms with Gasteiger partial charge in [-0.2, -0.15) is 13.2 Å². The molecule has 0 spiro atoms. The molecule has 20 heavy (non-hydrogen) atoms. The van der Waals surface area contributed by atoms with Crippen LogP contribution in [-0.4, -0.2) is 31.6 Å². The van der Waals surface area contributed by atoms with Gasteiger partial charge in [-0.25, -0.2) is 0 Å². The highest BCUT2D eigenvalue weighted by Crippen LogP contribution is 2.32. The summed E-state index contributed by atoms with van der Waals surface area (Å²) < 4.78 is 37.4. The van der Waals surface area contributed by atoms with E-state index >= 15 is 0 Å². The molecule has 1 aromatic rings. The number of nitrogens with zero attached hydrogens (tertiary/aromatic N) is 1.